The van der Waals surface area contributed by atoms with Crippen molar-refractivity contribution in [2.45, 2.75) is 20.4 Å². The van der Waals surface area contributed by atoms with Gasteiger partial charge in [0.2, 0.25) is 0 Å². The minimum absolute atomic E-state index is 0.265. The van der Waals surface area contributed by atoms with E-state index >= 15 is 0 Å². The fourth-order valence-electron chi connectivity index (χ4n) is 2.87. The van der Waals surface area contributed by atoms with E-state index in [9.17, 15) is 9.59 Å². The molecular weight excluding hydrogens is 414 g/mol. The first-order chi connectivity index (χ1) is 15.0. The van der Waals surface area contributed by atoms with E-state index in [1.54, 1.807) is 19.2 Å². The number of carbonyl (C=O) groups is 2. The molecule has 1 aromatic carbocycles. The van der Waals surface area contributed by atoms with Crippen molar-refractivity contribution in [2.24, 2.45) is 4.99 Å². The van der Waals surface area contributed by atoms with Gasteiger partial charge in [0.05, 0.1) is 17.9 Å². The number of amides is 3. The first-order valence-corrected chi connectivity index (χ1v) is 10.8. The van der Waals surface area contributed by atoms with Crippen molar-refractivity contribution in [3.63, 3.8) is 0 Å². The molecule has 3 rings (SSSR count). The molecule has 0 aliphatic carbocycles. The molecule has 0 unspecified atom stereocenters. The van der Waals surface area contributed by atoms with Crippen LogP contribution in [0.2, 0.25) is 0 Å². The Hall–Kier alpha value is -3.46. The van der Waals surface area contributed by atoms with Crippen LogP contribution in [0.3, 0.4) is 0 Å². The van der Waals surface area contributed by atoms with Crippen LogP contribution < -0.4 is 20.2 Å². The van der Waals surface area contributed by atoms with Crippen LogP contribution in [0, 0.1) is 6.92 Å². The minimum atomic E-state index is -0.361. The molecule has 0 saturated heterocycles. The van der Waals surface area contributed by atoms with Crippen molar-refractivity contribution in [3.8, 4) is 17.0 Å². The van der Waals surface area contributed by atoms with E-state index < -0.39 is 0 Å². The van der Waals surface area contributed by atoms with E-state index in [4.69, 9.17) is 4.74 Å². The van der Waals surface area contributed by atoms with Gasteiger partial charge < -0.3 is 19.9 Å². The third-order valence-corrected chi connectivity index (χ3v) is 5.33. The van der Waals surface area contributed by atoms with Crippen LogP contribution in [0.4, 0.5) is 4.79 Å². The predicted molar refractivity (Wildman–Crippen MR) is 120 cm³/mol. The maximum atomic E-state index is 12.7. The quantitative estimate of drug-likeness (QED) is 0.591. The lowest BCUT2D eigenvalue weighted by Crippen LogP contribution is -2.36. The van der Waals surface area contributed by atoms with Gasteiger partial charge in [0, 0.05) is 37.4 Å². The van der Waals surface area contributed by atoms with E-state index in [2.05, 4.69) is 20.6 Å². The zero-order valence-electron chi connectivity index (χ0n) is 17.7. The lowest BCUT2D eigenvalue weighted by Gasteiger charge is -2.11. The number of rotatable bonds is 7. The third-order valence-electron chi connectivity index (χ3n) is 4.46. The highest BCUT2D eigenvalue weighted by Crippen LogP contribution is 2.23. The van der Waals surface area contributed by atoms with Gasteiger partial charge in [-0.2, -0.15) is 4.99 Å². The SMILES string of the molecule is CCOc1ccc(-c2csc(=NC(=O)c3ccc(C)nc3)n2CCNC(=O)NC)cc1. The summed E-state index contributed by atoms with van der Waals surface area (Å²) in [4.78, 5) is 33.2. The lowest BCUT2D eigenvalue weighted by molar-refractivity contribution is 0.0997. The summed E-state index contributed by atoms with van der Waals surface area (Å²) < 4.78 is 7.44. The molecule has 3 amide bonds. The highest BCUT2D eigenvalue weighted by atomic mass is 32.1. The summed E-state index contributed by atoms with van der Waals surface area (Å²) in [7, 11) is 1.56. The second-order valence-corrected chi connectivity index (χ2v) is 7.46. The van der Waals surface area contributed by atoms with Crippen molar-refractivity contribution in [3.05, 3.63) is 64.0 Å². The van der Waals surface area contributed by atoms with E-state index in [1.165, 1.54) is 17.5 Å². The average Bonchev–Trinajstić information content (AvgIpc) is 3.17. The molecule has 0 fully saturated rings. The van der Waals surface area contributed by atoms with Crippen molar-refractivity contribution in [1.29, 1.82) is 0 Å². The van der Waals surface area contributed by atoms with Crippen LogP contribution in [0.1, 0.15) is 23.0 Å². The molecule has 0 saturated carbocycles. The Bertz CT molecular complexity index is 1100. The van der Waals surface area contributed by atoms with Crippen LogP contribution in [0.25, 0.3) is 11.3 Å². The van der Waals surface area contributed by atoms with Crippen LogP contribution in [0.5, 0.6) is 5.75 Å². The molecular formula is C22H25N5O3S. The lowest BCUT2D eigenvalue weighted by atomic mass is 10.1. The van der Waals surface area contributed by atoms with Crippen LogP contribution in [-0.2, 0) is 6.54 Å². The Morgan fingerprint density at radius 1 is 1.19 bits per heavy atom. The molecule has 162 valence electrons. The molecule has 0 spiro atoms. The molecule has 0 aliphatic rings. The molecule has 0 aliphatic heterocycles. The van der Waals surface area contributed by atoms with Gasteiger partial charge in [0.15, 0.2) is 4.80 Å². The van der Waals surface area contributed by atoms with Crippen LogP contribution in [0.15, 0.2) is 53.0 Å². The van der Waals surface area contributed by atoms with Crippen molar-refractivity contribution >= 4 is 23.3 Å². The molecule has 0 bridgehead atoms. The van der Waals surface area contributed by atoms with E-state index in [-0.39, 0.29) is 11.9 Å². The number of aryl methyl sites for hydroxylation is 1. The summed E-state index contributed by atoms with van der Waals surface area (Å²) in [6.45, 7) is 5.24. The zero-order valence-corrected chi connectivity index (χ0v) is 18.5. The summed E-state index contributed by atoms with van der Waals surface area (Å²) in [5.74, 6) is 0.432. The molecule has 31 heavy (non-hydrogen) atoms. The van der Waals surface area contributed by atoms with Crippen molar-refractivity contribution in [2.75, 3.05) is 20.2 Å². The summed E-state index contributed by atoms with van der Waals surface area (Å²) in [6.07, 6.45) is 1.53. The highest BCUT2D eigenvalue weighted by Gasteiger charge is 2.11. The van der Waals surface area contributed by atoms with E-state index in [0.29, 0.717) is 30.1 Å². The van der Waals surface area contributed by atoms with Crippen molar-refractivity contribution < 1.29 is 14.3 Å². The van der Waals surface area contributed by atoms with E-state index in [0.717, 1.165) is 22.7 Å². The molecule has 8 nitrogen and oxygen atoms in total. The van der Waals surface area contributed by atoms with Gasteiger partial charge in [0.1, 0.15) is 5.75 Å². The molecule has 2 N–H and O–H groups in total. The van der Waals surface area contributed by atoms with Gasteiger partial charge in [-0.1, -0.05) is 0 Å². The number of nitrogens with one attached hydrogen (secondary N) is 2. The number of hydrogen-bond donors (Lipinski definition) is 2. The summed E-state index contributed by atoms with van der Waals surface area (Å²) in [6, 6.07) is 11.0. The van der Waals surface area contributed by atoms with Crippen molar-refractivity contribution in [1.82, 2.24) is 20.2 Å². The number of carbonyl (C=O) groups excluding carboxylic acids is 2. The largest absolute Gasteiger partial charge is 0.494 e. The van der Waals surface area contributed by atoms with Gasteiger partial charge in [-0.15, -0.1) is 11.3 Å². The smallest absolute Gasteiger partial charge is 0.314 e. The number of pyridine rings is 1. The Morgan fingerprint density at radius 3 is 2.61 bits per heavy atom. The Labute approximate surface area is 184 Å². The second kappa shape index (κ2) is 10.5. The Kier molecular flexibility index (Phi) is 7.55. The number of ether oxygens (including phenoxy) is 1. The zero-order chi connectivity index (χ0) is 22.2. The minimum Gasteiger partial charge on any atom is -0.494 e. The molecule has 0 radical (unpaired) electrons. The number of hydrogen-bond acceptors (Lipinski definition) is 5. The fourth-order valence-corrected chi connectivity index (χ4v) is 3.80. The molecule has 3 aromatic rings. The standard InChI is InChI=1S/C22H25N5O3S/c1-4-30-18-9-7-16(8-10-18)19-14-31-22(27(19)12-11-24-21(29)23-3)26-20(28)17-6-5-15(2)25-13-17/h5-10,13-14H,4,11-12H2,1-3H3,(H2,23,24,29). The highest BCUT2D eigenvalue weighted by molar-refractivity contribution is 7.07. The first kappa shape index (κ1) is 22.2. The Balaban J connectivity index is 1.95. The topological polar surface area (TPSA) is 97.6 Å². The first-order valence-electron chi connectivity index (χ1n) is 9.90. The molecule has 0 atom stereocenters. The number of benzene rings is 1. The summed E-state index contributed by atoms with van der Waals surface area (Å²) in [5.41, 5.74) is 3.13. The van der Waals surface area contributed by atoms with Gasteiger partial charge in [-0.05, 0) is 55.8 Å². The normalized spacial score (nSPS) is 11.3. The van der Waals surface area contributed by atoms with Gasteiger partial charge >= 0.3 is 6.03 Å². The van der Waals surface area contributed by atoms with Crippen LogP contribution >= 0.6 is 11.3 Å². The number of urea groups is 1. The van der Waals surface area contributed by atoms with Gasteiger partial charge in [0.25, 0.3) is 5.91 Å². The van der Waals surface area contributed by atoms with E-state index in [1.807, 2.05) is 48.1 Å². The summed E-state index contributed by atoms with van der Waals surface area (Å²) in [5, 5.41) is 7.25. The number of aromatic nitrogens is 2. The number of nitrogens with zero attached hydrogens (tertiary/aromatic N) is 3. The van der Waals surface area contributed by atoms with Gasteiger partial charge in [-0.3, -0.25) is 9.78 Å². The average molecular weight is 440 g/mol. The fraction of sp³-hybridized carbons (Fsp3) is 0.273. The monoisotopic (exact) mass is 439 g/mol. The molecule has 2 heterocycles. The Morgan fingerprint density at radius 2 is 1.97 bits per heavy atom. The second-order valence-electron chi connectivity index (χ2n) is 6.62. The molecule has 2 aromatic heterocycles. The maximum absolute atomic E-state index is 12.7. The number of thiazole rings is 1. The molecule has 9 heteroatoms. The third kappa shape index (κ3) is 5.79. The van der Waals surface area contributed by atoms with Gasteiger partial charge in [-0.25, -0.2) is 4.79 Å². The van der Waals surface area contributed by atoms with Crippen LogP contribution in [-0.4, -0.2) is 41.7 Å². The maximum Gasteiger partial charge on any atom is 0.314 e. The summed E-state index contributed by atoms with van der Waals surface area (Å²) >= 11 is 1.37. The predicted octanol–water partition coefficient (Wildman–Crippen LogP) is 2.99.